The molecule has 0 radical (unpaired) electrons. The molecular weight excluding hydrogens is 440 g/mol. The lowest BCUT2D eigenvalue weighted by atomic mass is 10.1. The molecule has 0 bridgehead atoms. The highest BCUT2D eigenvalue weighted by Gasteiger charge is 2.34. The molecule has 0 fully saturated rings. The fraction of sp³-hybridized carbons (Fsp3) is 0.240. The van der Waals surface area contributed by atoms with Crippen molar-refractivity contribution in [2.75, 3.05) is 25.2 Å². The Hall–Kier alpha value is -3.49. The van der Waals surface area contributed by atoms with E-state index in [1.54, 1.807) is 31.4 Å². The summed E-state index contributed by atoms with van der Waals surface area (Å²) in [7, 11) is 1.66. The highest BCUT2D eigenvalue weighted by atomic mass is 32.1. The minimum Gasteiger partial charge on any atom is -0.479 e. The van der Waals surface area contributed by atoms with Gasteiger partial charge in [-0.05, 0) is 37.3 Å². The number of carbonyl (C=O) groups is 2. The Balaban J connectivity index is 1.45. The maximum atomic E-state index is 13.1. The Morgan fingerprint density at radius 3 is 2.88 bits per heavy atom. The second kappa shape index (κ2) is 8.80. The zero-order valence-corrected chi connectivity index (χ0v) is 19.1. The van der Waals surface area contributed by atoms with Gasteiger partial charge in [-0.15, -0.1) is 11.3 Å². The number of fused-ring (bicyclic) bond motifs is 2. The molecule has 7 nitrogen and oxygen atoms in total. The normalized spacial score (nSPS) is 15.5. The largest absolute Gasteiger partial charge is 0.479 e. The number of rotatable bonds is 7. The van der Waals surface area contributed by atoms with Crippen LogP contribution in [0.15, 0.2) is 58.3 Å². The average Bonchev–Trinajstić information content (AvgIpc) is 3.47. The van der Waals surface area contributed by atoms with Crippen molar-refractivity contribution in [1.82, 2.24) is 4.98 Å². The minimum absolute atomic E-state index is 0.140. The molecule has 0 saturated carbocycles. The SMILES string of the molecule is COCCc1nc(-c2ccc3c(c2)N(CC(=O)c2cc4ccccc4o2)C(=O)C(C)O3)cs1. The molecule has 4 aromatic rings. The minimum atomic E-state index is -0.688. The Morgan fingerprint density at radius 1 is 1.21 bits per heavy atom. The molecule has 8 heteroatoms. The fourth-order valence-corrected chi connectivity index (χ4v) is 4.61. The van der Waals surface area contributed by atoms with Crippen LogP contribution in [0.2, 0.25) is 0 Å². The molecule has 1 atom stereocenters. The predicted molar refractivity (Wildman–Crippen MR) is 126 cm³/mol. The van der Waals surface area contributed by atoms with Gasteiger partial charge in [-0.3, -0.25) is 14.5 Å². The standard InChI is InChI=1S/C25H22N2O5S/c1-15-25(29)27(13-20(28)23-12-17-5-3-4-6-21(17)32-23)19-11-16(7-8-22(19)31-15)18-14-33-24(26-18)9-10-30-2/h3-8,11-12,14-15H,9-10,13H2,1-2H3. The summed E-state index contributed by atoms with van der Waals surface area (Å²) < 4.78 is 16.6. The number of ketones is 1. The molecule has 3 heterocycles. The summed E-state index contributed by atoms with van der Waals surface area (Å²) in [5.41, 5.74) is 2.84. The van der Waals surface area contributed by atoms with E-state index in [9.17, 15) is 9.59 Å². The molecule has 168 valence electrons. The topological polar surface area (TPSA) is 81.9 Å². The molecule has 2 aromatic heterocycles. The number of amides is 1. The number of benzene rings is 2. The van der Waals surface area contributed by atoms with Crippen LogP contribution in [0.25, 0.3) is 22.2 Å². The molecule has 0 spiro atoms. The van der Waals surface area contributed by atoms with E-state index < -0.39 is 6.10 Å². The van der Waals surface area contributed by atoms with Crippen LogP contribution in [0.1, 0.15) is 22.5 Å². The van der Waals surface area contributed by atoms with Crippen LogP contribution in [-0.2, 0) is 16.0 Å². The maximum absolute atomic E-state index is 13.1. The summed E-state index contributed by atoms with van der Waals surface area (Å²) in [6.45, 7) is 2.15. The number of anilines is 1. The number of thiazole rings is 1. The molecule has 0 N–H and O–H groups in total. The summed E-state index contributed by atoms with van der Waals surface area (Å²) in [5.74, 6) is 0.227. The van der Waals surface area contributed by atoms with Crippen LogP contribution >= 0.6 is 11.3 Å². The Bertz CT molecular complexity index is 1310. The van der Waals surface area contributed by atoms with Gasteiger partial charge in [0.2, 0.25) is 5.78 Å². The van der Waals surface area contributed by atoms with Gasteiger partial charge >= 0.3 is 0 Å². The van der Waals surface area contributed by atoms with E-state index in [1.165, 1.54) is 4.90 Å². The number of ether oxygens (including phenoxy) is 2. The van der Waals surface area contributed by atoms with Gasteiger partial charge in [-0.25, -0.2) is 4.98 Å². The number of carbonyl (C=O) groups excluding carboxylic acids is 2. The van der Waals surface area contributed by atoms with E-state index in [0.717, 1.165) is 28.1 Å². The monoisotopic (exact) mass is 462 g/mol. The van der Waals surface area contributed by atoms with E-state index in [2.05, 4.69) is 4.98 Å². The van der Waals surface area contributed by atoms with Crippen molar-refractivity contribution in [2.24, 2.45) is 0 Å². The van der Waals surface area contributed by atoms with Crippen LogP contribution in [-0.4, -0.2) is 43.0 Å². The van der Waals surface area contributed by atoms with Crippen molar-refractivity contribution in [3.8, 4) is 17.0 Å². The first-order valence-corrected chi connectivity index (χ1v) is 11.5. The molecular formula is C25H22N2O5S. The van der Waals surface area contributed by atoms with Crippen molar-refractivity contribution in [1.29, 1.82) is 0 Å². The summed E-state index contributed by atoms with van der Waals surface area (Å²) >= 11 is 1.56. The third kappa shape index (κ3) is 4.15. The van der Waals surface area contributed by atoms with Gasteiger partial charge < -0.3 is 13.9 Å². The van der Waals surface area contributed by atoms with E-state index in [4.69, 9.17) is 13.9 Å². The third-order valence-corrected chi connectivity index (χ3v) is 6.45. The van der Waals surface area contributed by atoms with Crippen molar-refractivity contribution in [3.05, 3.63) is 64.7 Å². The summed E-state index contributed by atoms with van der Waals surface area (Å²) in [4.78, 5) is 32.2. The lowest BCUT2D eigenvalue weighted by Crippen LogP contribution is -2.46. The number of methoxy groups -OCH3 is 1. The van der Waals surface area contributed by atoms with Gasteiger partial charge in [0.25, 0.3) is 5.91 Å². The molecule has 0 aliphatic carbocycles. The summed E-state index contributed by atoms with van der Waals surface area (Å²) in [6.07, 6.45) is 0.0512. The van der Waals surface area contributed by atoms with Gasteiger partial charge in [0, 0.05) is 29.9 Å². The average molecular weight is 463 g/mol. The zero-order valence-electron chi connectivity index (χ0n) is 18.2. The molecule has 5 rings (SSSR count). The Morgan fingerprint density at radius 2 is 2.06 bits per heavy atom. The van der Waals surface area contributed by atoms with Gasteiger partial charge in [0.1, 0.15) is 11.3 Å². The van der Waals surface area contributed by atoms with Crippen molar-refractivity contribution in [3.63, 3.8) is 0 Å². The summed E-state index contributed by atoms with van der Waals surface area (Å²) in [6, 6.07) is 14.7. The highest BCUT2D eigenvalue weighted by molar-refractivity contribution is 7.09. The molecule has 1 aliphatic rings. The van der Waals surface area contributed by atoms with Crippen LogP contribution in [0.3, 0.4) is 0 Å². The number of nitrogens with zero attached hydrogens (tertiary/aromatic N) is 2. The van der Waals surface area contributed by atoms with Gasteiger partial charge in [0.15, 0.2) is 11.9 Å². The quantitative estimate of drug-likeness (QED) is 0.369. The highest BCUT2D eigenvalue weighted by Crippen LogP contribution is 2.38. The lowest BCUT2D eigenvalue weighted by molar-refractivity contribution is -0.125. The van der Waals surface area contributed by atoms with E-state index >= 15 is 0 Å². The molecule has 0 saturated heterocycles. The second-order valence-electron chi connectivity index (χ2n) is 7.81. The van der Waals surface area contributed by atoms with Gasteiger partial charge in [-0.1, -0.05) is 18.2 Å². The molecule has 33 heavy (non-hydrogen) atoms. The van der Waals surface area contributed by atoms with Gasteiger partial charge in [0.05, 0.1) is 29.5 Å². The van der Waals surface area contributed by atoms with Crippen molar-refractivity contribution < 1.29 is 23.5 Å². The van der Waals surface area contributed by atoms with E-state index in [0.29, 0.717) is 23.6 Å². The van der Waals surface area contributed by atoms with Crippen molar-refractivity contribution in [2.45, 2.75) is 19.4 Å². The Labute approximate surface area is 194 Å². The third-order valence-electron chi connectivity index (χ3n) is 5.54. The molecule has 1 amide bonds. The number of hydrogen-bond acceptors (Lipinski definition) is 7. The first-order chi connectivity index (χ1) is 16.0. The smallest absolute Gasteiger partial charge is 0.268 e. The lowest BCUT2D eigenvalue weighted by Gasteiger charge is -2.32. The van der Waals surface area contributed by atoms with Crippen LogP contribution in [0.4, 0.5) is 5.69 Å². The fourth-order valence-electron chi connectivity index (χ4n) is 3.82. The molecule has 2 aromatic carbocycles. The maximum Gasteiger partial charge on any atom is 0.268 e. The first kappa shape index (κ1) is 21.4. The second-order valence-corrected chi connectivity index (χ2v) is 8.75. The molecule has 1 aliphatic heterocycles. The number of aromatic nitrogens is 1. The van der Waals surface area contributed by atoms with Crippen LogP contribution in [0.5, 0.6) is 5.75 Å². The molecule has 1 unspecified atom stereocenters. The number of para-hydroxylation sites is 1. The number of furan rings is 1. The van der Waals surface area contributed by atoms with E-state index in [1.807, 2.05) is 47.8 Å². The van der Waals surface area contributed by atoms with Crippen molar-refractivity contribution >= 4 is 39.7 Å². The number of hydrogen-bond donors (Lipinski definition) is 0. The van der Waals surface area contributed by atoms with Gasteiger partial charge in [-0.2, -0.15) is 0 Å². The predicted octanol–water partition coefficient (Wildman–Crippen LogP) is 4.74. The van der Waals surface area contributed by atoms with Crippen LogP contribution < -0.4 is 9.64 Å². The van der Waals surface area contributed by atoms with Crippen LogP contribution in [0, 0.1) is 0 Å². The Kier molecular flexibility index (Phi) is 5.70. The van der Waals surface area contributed by atoms with E-state index in [-0.39, 0.29) is 24.0 Å². The number of Topliss-reactive ketones (excluding diaryl/α,β-unsaturated/α-hetero) is 1. The zero-order chi connectivity index (χ0) is 22.9. The summed E-state index contributed by atoms with van der Waals surface area (Å²) in [5, 5.41) is 3.80. The first-order valence-electron chi connectivity index (χ1n) is 10.6.